The lowest BCUT2D eigenvalue weighted by Crippen LogP contribution is -2.22. The Hall–Kier alpha value is -1.68. The molecule has 4 heteroatoms. The average molecular weight is 178 g/mol. The maximum absolute atomic E-state index is 11.0. The number of ketones is 1. The number of nitrogens with two attached hydrogens (primary N) is 1. The van der Waals surface area contributed by atoms with Crippen molar-refractivity contribution in [3.8, 4) is 0 Å². The third kappa shape index (κ3) is 2.13. The van der Waals surface area contributed by atoms with E-state index in [4.69, 9.17) is 5.73 Å². The topological polar surface area (TPSA) is 83.2 Å². The molecule has 0 unspecified atom stereocenters. The fourth-order valence-electron chi connectivity index (χ4n) is 0.910. The molecule has 1 aromatic carbocycles. The van der Waals surface area contributed by atoms with Crippen molar-refractivity contribution in [2.45, 2.75) is 0 Å². The number of Topliss-reactive ketones (excluding diaryl/α,β-unsaturated/α-hetero) is 1. The van der Waals surface area contributed by atoms with Gasteiger partial charge in [-0.25, -0.2) is 0 Å². The second kappa shape index (κ2) is 3.82. The molecule has 0 aromatic heterocycles. The molecule has 0 amide bonds. The molecule has 0 saturated carbocycles. The maximum Gasteiger partial charge on any atom is 0.176 e. The molecule has 0 saturated heterocycles. The van der Waals surface area contributed by atoms with Crippen LogP contribution in [0.5, 0.6) is 0 Å². The second-order valence-corrected chi connectivity index (χ2v) is 2.49. The number of carbonyl (C=O) groups is 2. The number of hydrogen-bond donors (Lipinski definition) is 1. The summed E-state index contributed by atoms with van der Waals surface area (Å²) in [4.78, 5) is 21.3. The van der Waals surface area contributed by atoms with Crippen molar-refractivity contribution >= 4 is 11.8 Å². The lowest BCUT2D eigenvalue weighted by molar-refractivity contribution is -0.255. The highest BCUT2D eigenvalue weighted by Gasteiger charge is 2.02. The van der Waals surface area contributed by atoms with Crippen LogP contribution in [0.1, 0.15) is 20.7 Å². The van der Waals surface area contributed by atoms with E-state index < -0.39 is 5.97 Å². The summed E-state index contributed by atoms with van der Waals surface area (Å²) < 4.78 is 0. The van der Waals surface area contributed by atoms with Crippen molar-refractivity contribution in [2.75, 3.05) is 6.54 Å². The first kappa shape index (κ1) is 9.41. The average Bonchev–Trinajstić information content (AvgIpc) is 2.17. The molecule has 0 heterocycles. The number of carbonyl (C=O) groups excluding carboxylic acids is 2. The van der Waals surface area contributed by atoms with Gasteiger partial charge in [-0.1, -0.05) is 24.3 Å². The van der Waals surface area contributed by atoms with Crippen LogP contribution in [0.25, 0.3) is 0 Å². The quantitative estimate of drug-likeness (QED) is 0.613. The predicted octanol–water partition coefficient (Wildman–Crippen LogP) is -0.809. The number of carboxylic acids is 1. The van der Waals surface area contributed by atoms with Crippen LogP contribution in [0.15, 0.2) is 24.3 Å². The molecule has 13 heavy (non-hydrogen) atoms. The van der Waals surface area contributed by atoms with E-state index in [-0.39, 0.29) is 17.9 Å². The minimum Gasteiger partial charge on any atom is -0.545 e. The van der Waals surface area contributed by atoms with E-state index in [0.29, 0.717) is 5.56 Å². The van der Waals surface area contributed by atoms with Gasteiger partial charge in [0, 0.05) is 5.56 Å². The van der Waals surface area contributed by atoms with Gasteiger partial charge in [-0.15, -0.1) is 0 Å². The van der Waals surface area contributed by atoms with Crippen molar-refractivity contribution in [3.63, 3.8) is 0 Å². The fourth-order valence-corrected chi connectivity index (χ4v) is 0.910. The zero-order valence-corrected chi connectivity index (χ0v) is 6.82. The van der Waals surface area contributed by atoms with E-state index in [1.54, 1.807) is 0 Å². The zero-order valence-electron chi connectivity index (χ0n) is 6.82. The molecule has 2 N–H and O–H groups in total. The van der Waals surface area contributed by atoms with E-state index >= 15 is 0 Å². The number of benzene rings is 1. The SMILES string of the molecule is NCC(=O)c1ccc(C(=O)[O-])cc1. The van der Waals surface area contributed by atoms with Crippen LogP contribution in [0.2, 0.25) is 0 Å². The van der Waals surface area contributed by atoms with Crippen molar-refractivity contribution in [3.05, 3.63) is 35.4 Å². The standard InChI is InChI=1S/C9H9NO3/c10-5-8(11)6-1-3-7(4-2-6)9(12)13/h1-4H,5,10H2,(H,12,13)/p-1. The first-order chi connectivity index (χ1) is 6.15. The minimum atomic E-state index is -1.26. The molecule has 0 aliphatic rings. The van der Waals surface area contributed by atoms with E-state index in [1.165, 1.54) is 24.3 Å². The van der Waals surface area contributed by atoms with E-state index in [1.807, 2.05) is 0 Å². The Labute approximate surface area is 75.0 Å². The molecule has 0 fully saturated rings. The molecule has 0 aliphatic carbocycles. The summed E-state index contributed by atoms with van der Waals surface area (Å²) in [7, 11) is 0. The lowest BCUT2D eigenvalue weighted by Gasteiger charge is -2.02. The van der Waals surface area contributed by atoms with Gasteiger partial charge in [-0.2, -0.15) is 0 Å². The van der Waals surface area contributed by atoms with Crippen molar-refractivity contribution in [1.29, 1.82) is 0 Å². The Morgan fingerprint density at radius 3 is 2.00 bits per heavy atom. The summed E-state index contributed by atoms with van der Waals surface area (Å²) in [5.41, 5.74) is 5.58. The lowest BCUT2D eigenvalue weighted by atomic mass is 10.1. The first-order valence-electron chi connectivity index (χ1n) is 3.70. The molecule has 0 bridgehead atoms. The van der Waals surface area contributed by atoms with Gasteiger partial charge in [0.25, 0.3) is 0 Å². The zero-order chi connectivity index (χ0) is 9.84. The summed E-state index contributed by atoms with van der Waals surface area (Å²) in [5, 5.41) is 10.3. The Balaban J connectivity index is 2.93. The van der Waals surface area contributed by atoms with Crippen molar-refractivity contribution < 1.29 is 14.7 Å². The monoisotopic (exact) mass is 178 g/mol. The van der Waals surface area contributed by atoms with E-state index in [9.17, 15) is 14.7 Å². The third-order valence-electron chi connectivity index (χ3n) is 1.63. The van der Waals surface area contributed by atoms with Gasteiger partial charge in [-0.3, -0.25) is 4.79 Å². The predicted molar refractivity (Wildman–Crippen MR) is 44.2 cm³/mol. The molecule has 1 aromatic rings. The van der Waals surface area contributed by atoms with Crippen LogP contribution in [-0.2, 0) is 0 Å². The molecule has 0 spiro atoms. The summed E-state index contributed by atoms with van der Waals surface area (Å²) in [6, 6.07) is 5.47. The summed E-state index contributed by atoms with van der Waals surface area (Å²) in [6.45, 7) is -0.0787. The van der Waals surface area contributed by atoms with Crippen LogP contribution in [0, 0.1) is 0 Å². The third-order valence-corrected chi connectivity index (χ3v) is 1.63. The highest BCUT2D eigenvalue weighted by Crippen LogP contribution is 2.03. The number of hydrogen-bond acceptors (Lipinski definition) is 4. The van der Waals surface area contributed by atoms with Crippen molar-refractivity contribution in [2.24, 2.45) is 5.73 Å². The van der Waals surface area contributed by atoms with E-state index in [0.717, 1.165) is 0 Å². The molecule has 68 valence electrons. The van der Waals surface area contributed by atoms with Gasteiger partial charge in [0.05, 0.1) is 12.5 Å². The van der Waals surface area contributed by atoms with Gasteiger partial charge in [-0.05, 0) is 5.56 Å². The van der Waals surface area contributed by atoms with Crippen LogP contribution in [0.4, 0.5) is 0 Å². The Bertz CT molecular complexity index is 329. The summed E-state index contributed by atoms with van der Waals surface area (Å²) in [6.07, 6.45) is 0. The highest BCUT2D eigenvalue weighted by molar-refractivity contribution is 5.98. The fraction of sp³-hybridized carbons (Fsp3) is 0.111. The molecular weight excluding hydrogens is 170 g/mol. The van der Waals surface area contributed by atoms with Crippen LogP contribution >= 0.6 is 0 Å². The van der Waals surface area contributed by atoms with Gasteiger partial charge >= 0.3 is 0 Å². The van der Waals surface area contributed by atoms with Crippen LogP contribution in [-0.4, -0.2) is 18.3 Å². The second-order valence-electron chi connectivity index (χ2n) is 2.49. The summed E-state index contributed by atoms with van der Waals surface area (Å²) in [5.74, 6) is -1.48. The van der Waals surface area contributed by atoms with Gasteiger partial charge in [0.15, 0.2) is 5.78 Å². The Morgan fingerprint density at radius 2 is 1.62 bits per heavy atom. The van der Waals surface area contributed by atoms with Gasteiger partial charge < -0.3 is 15.6 Å². The first-order valence-corrected chi connectivity index (χ1v) is 3.70. The Morgan fingerprint density at radius 1 is 1.15 bits per heavy atom. The minimum absolute atomic E-state index is 0.0496. The molecule has 4 nitrogen and oxygen atoms in total. The van der Waals surface area contributed by atoms with Gasteiger partial charge in [0.2, 0.25) is 0 Å². The molecule has 0 radical (unpaired) electrons. The molecule has 0 atom stereocenters. The van der Waals surface area contributed by atoms with E-state index in [2.05, 4.69) is 0 Å². The number of aromatic carboxylic acids is 1. The number of carboxylic acid groups (broad SMARTS) is 1. The Kier molecular flexibility index (Phi) is 2.76. The maximum atomic E-state index is 11.0. The molecule has 1 rings (SSSR count). The molecule has 0 aliphatic heterocycles. The summed E-state index contributed by atoms with van der Waals surface area (Å²) >= 11 is 0. The molecular formula is C9H8NO3-. The number of rotatable bonds is 3. The normalized spacial score (nSPS) is 9.62. The van der Waals surface area contributed by atoms with Crippen LogP contribution in [0.3, 0.4) is 0 Å². The highest BCUT2D eigenvalue weighted by atomic mass is 16.4. The van der Waals surface area contributed by atoms with Gasteiger partial charge in [0.1, 0.15) is 0 Å². The smallest absolute Gasteiger partial charge is 0.176 e. The largest absolute Gasteiger partial charge is 0.545 e. The van der Waals surface area contributed by atoms with Crippen molar-refractivity contribution in [1.82, 2.24) is 0 Å². The van der Waals surface area contributed by atoms with Crippen LogP contribution < -0.4 is 10.8 Å².